The summed E-state index contributed by atoms with van der Waals surface area (Å²) in [6.07, 6.45) is 1.60. The molecule has 3 aliphatic rings. The molecule has 0 aliphatic carbocycles. The van der Waals surface area contributed by atoms with Gasteiger partial charge in [0.05, 0.1) is 5.69 Å². The van der Waals surface area contributed by atoms with E-state index in [9.17, 15) is 18.8 Å². The van der Waals surface area contributed by atoms with Crippen molar-refractivity contribution < 1.29 is 24.1 Å². The third-order valence-electron chi connectivity index (χ3n) is 6.36. The minimum absolute atomic E-state index is 0.0881. The zero-order chi connectivity index (χ0) is 19.5. The molecule has 6 nitrogen and oxygen atoms in total. The second-order valence-electron chi connectivity index (χ2n) is 8.19. The van der Waals surface area contributed by atoms with Gasteiger partial charge in [-0.05, 0) is 24.6 Å². The Hall–Kier alpha value is -2.28. The highest BCUT2D eigenvalue weighted by molar-refractivity contribution is 6.13. The van der Waals surface area contributed by atoms with Gasteiger partial charge in [-0.2, -0.15) is 0 Å². The van der Waals surface area contributed by atoms with Crippen LogP contribution in [0.1, 0.15) is 39.2 Å². The van der Waals surface area contributed by atoms with E-state index in [1.54, 1.807) is 0 Å². The average molecular weight is 374 g/mol. The van der Waals surface area contributed by atoms with E-state index in [-0.39, 0.29) is 29.7 Å². The number of imide groups is 1. The predicted octanol–water partition coefficient (Wildman–Crippen LogP) is 0.976. The molecule has 0 bridgehead atoms. The van der Waals surface area contributed by atoms with Gasteiger partial charge in [-0.15, -0.1) is 0 Å². The van der Waals surface area contributed by atoms with Crippen molar-refractivity contribution >= 4 is 23.4 Å². The predicted molar refractivity (Wildman–Crippen MR) is 95.9 cm³/mol. The topological polar surface area (TPSA) is 83.1 Å². The van der Waals surface area contributed by atoms with Gasteiger partial charge in [-0.1, -0.05) is 27.2 Å². The Morgan fingerprint density at radius 1 is 1.26 bits per heavy atom. The van der Waals surface area contributed by atoms with Crippen LogP contribution in [-0.2, 0) is 19.9 Å². The van der Waals surface area contributed by atoms with E-state index in [4.69, 9.17) is 0 Å². The fourth-order valence-electron chi connectivity index (χ4n) is 5.06. The number of unbranched alkanes of at least 4 members (excludes halogenated alkanes) is 1. The molecule has 144 valence electrons. The fourth-order valence-corrected chi connectivity index (χ4v) is 5.06. The molecule has 0 radical (unpaired) electrons. The lowest BCUT2D eigenvalue weighted by Gasteiger charge is -2.27. The number of fused-ring (bicyclic) bond motifs is 4. The maximum atomic E-state index is 14.0. The van der Waals surface area contributed by atoms with Crippen molar-refractivity contribution in [2.24, 2.45) is 17.8 Å². The van der Waals surface area contributed by atoms with Crippen molar-refractivity contribution in [2.75, 3.05) is 11.9 Å². The van der Waals surface area contributed by atoms with Gasteiger partial charge in [-0.25, -0.2) is 4.39 Å². The van der Waals surface area contributed by atoms with E-state index in [0.29, 0.717) is 17.8 Å². The Labute approximate surface area is 157 Å². The summed E-state index contributed by atoms with van der Waals surface area (Å²) < 4.78 is 14.0. The van der Waals surface area contributed by atoms with Gasteiger partial charge in [-0.3, -0.25) is 19.3 Å². The van der Waals surface area contributed by atoms with Crippen LogP contribution in [0.25, 0.3) is 0 Å². The van der Waals surface area contributed by atoms with Crippen LogP contribution in [0.5, 0.6) is 0 Å². The maximum absolute atomic E-state index is 14.0. The van der Waals surface area contributed by atoms with Gasteiger partial charge in [0.25, 0.3) is 5.91 Å². The molecule has 3 N–H and O–H groups in total. The molecule has 4 atom stereocenters. The molecule has 1 aromatic carbocycles. The molecule has 3 aliphatic heterocycles. The van der Waals surface area contributed by atoms with Crippen molar-refractivity contribution in [1.82, 2.24) is 4.90 Å². The molecular formula is C20H25FN3O3+. The number of nitrogens with zero attached hydrogens (tertiary/aromatic N) is 1. The molecule has 1 spiro atoms. The summed E-state index contributed by atoms with van der Waals surface area (Å²) in [6.45, 7) is 6.35. The minimum atomic E-state index is -1.27. The summed E-state index contributed by atoms with van der Waals surface area (Å²) >= 11 is 0. The van der Waals surface area contributed by atoms with Gasteiger partial charge in [0.1, 0.15) is 23.7 Å². The maximum Gasteiger partial charge on any atom is 0.291 e. The summed E-state index contributed by atoms with van der Waals surface area (Å²) in [4.78, 5) is 40.8. The zero-order valence-corrected chi connectivity index (χ0v) is 15.8. The van der Waals surface area contributed by atoms with Gasteiger partial charge >= 0.3 is 0 Å². The Morgan fingerprint density at radius 2 is 2.00 bits per heavy atom. The number of hydrogen-bond donors (Lipinski definition) is 2. The molecule has 27 heavy (non-hydrogen) atoms. The molecule has 0 saturated carbocycles. The Morgan fingerprint density at radius 3 is 2.67 bits per heavy atom. The van der Waals surface area contributed by atoms with E-state index in [0.717, 1.165) is 12.8 Å². The molecule has 0 aromatic heterocycles. The molecule has 2 saturated heterocycles. The van der Waals surface area contributed by atoms with Gasteiger partial charge in [0, 0.05) is 18.0 Å². The Bertz CT molecular complexity index is 840. The summed E-state index contributed by atoms with van der Waals surface area (Å²) in [6, 6.07) is 3.94. The third-order valence-corrected chi connectivity index (χ3v) is 6.36. The molecule has 3 heterocycles. The number of benzene rings is 1. The van der Waals surface area contributed by atoms with Crippen LogP contribution in [-0.4, -0.2) is 35.2 Å². The number of likely N-dealkylation sites (tertiary alicyclic amines) is 1. The van der Waals surface area contributed by atoms with E-state index >= 15 is 0 Å². The highest BCUT2D eigenvalue weighted by Crippen LogP contribution is 2.50. The van der Waals surface area contributed by atoms with Crippen molar-refractivity contribution in [3.63, 3.8) is 0 Å². The monoisotopic (exact) mass is 374 g/mol. The van der Waals surface area contributed by atoms with Crippen molar-refractivity contribution in [3.8, 4) is 0 Å². The molecule has 4 rings (SSSR count). The third kappa shape index (κ3) is 2.30. The van der Waals surface area contributed by atoms with Crippen molar-refractivity contribution in [1.29, 1.82) is 0 Å². The Kier molecular flexibility index (Phi) is 4.10. The number of carbonyl (C=O) groups excluding carboxylic acids is 3. The standard InChI is InChI=1S/C20H24FN3O3/c1-4-5-8-24-17(25)14-15(18(24)26)20(23-16(14)10(2)3)12-9-11(21)6-7-13(12)22-19(20)27/h6-7,9-10,14-16,23H,4-5,8H2,1-3H3,(H,22,27)/p+1/t14-,15-,16+,20-/m0/s1. The summed E-state index contributed by atoms with van der Waals surface area (Å²) in [5.41, 5.74) is -0.276. The number of carbonyl (C=O) groups is 3. The normalized spacial score (nSPS) is 31.8. The second-order valence-corrected chi connectivity index (χ2v) is 8.19. The van der Waals surface area contributed by atoms with E-state index in [2.05, 4.69) is 5.32 Å². The van der Waals surface area contributed by atoms with Crippen LogP contribution >= 0.6 is 0 Å². The molecular weight excluding hydrogens is 349 g/mol. The summed E-state index contributed by atoms with van der Waals surface area (Å²) in [5, 5.41) is 4.65. The van der Waals surface area contributed by atoms with Crippen molar-refractivity contribution in [3.05, 3.63) is 29.6 Å². The fraction of sp³-hybridized carbons (Fsp3) is 0.550. The number of nitrogens with two attached hydrogens (primary N) is 1. The summed E-state index contributed by atoms with van der Waals surface area (Å²) in [7, 11) is 0. The lowest BCUT2D eigenvalue weighted by Crippen LogP contribution is -2.99. The first kappa shape index (κ1) is 18.1. The van der Waals surface area contributed by atoms with E-state index in [1.165, 1.54) is 23.1 Å². The first-order chi connectivity index (χ1) is 12.8. The van der Waals surface area contributed by atoms with Crippen LogP contribution in [0.15, 0.2) is 18.2 Å². The molecule has 7 heteroatoms. The first-order valence-corrected chi connectivity index (χ1v) is 9.65. The number of amides is 3. The van der Waals surface area contributed by atoms with Crippen LogP contribution in [0.3, 0.4) is 0 Å². The van der Waals surface area contributed by atoms with Crippen LogP contribution in [0, 0.1) is 23.6 Å². The number of rotatable bonds is 4. The van der Waals surface area contributed by atoms with Crippen LogP contribution in [0.2, 0.25) is 0 Å². The highest BCUT2D eigenvalue weighted by Gasteiger charge is 2.74. The quantitative estimate of drug-likeness (QED) is 0.771. The van der Waals surface area contributed by atoms with Crippen molar-refractivity contribution in [2.45, 2.75) is 45.2 Å². The van der Waals surface area contributed by atoms with Crippen LogP contribution in [0.4, 0.5) is 10.1 Å². The van der Waals surface area contributed by atoms with Crippen LogP contribution < -0.4 is 10.6 Å². The van der Waals surface area contributed by atoms with E-state index in [1.807, 2.05) is 26.1 Å². The Balaban J connectivity index is 1.86. The SMILES string of the molecule is CCCCN1C(=O)[C@@H]2[C@@H](C(C)C)[NH2+][C@]3(C(=O)Nc4ccc(F)cc43)[C@@H]2C1=O. The zero-order valence-electron chi connectivity index (χ0n) is 15.8. The first-order valence-electron chi connectivity index (χ1n) is 9.65. The van der Waals surface area contributed by atoms with Gasteiger partial charge in [0.2, 0.25) is 17.4 Å². The number of hydrogen-bond acceptors (Lipinski definition) is 3. The molecule has 0 unspecified atom stereocenters. The van der Waals surface area contributed by atoms with Gasteiger partial charge < -0.3 is 10.6 Å². The second kappa shape index (κ2) is 6.12. The lowest BCUT2D eigenvalue weighted by molar-refractivity contribution is -0.738. The molecule has 1 aromatic rings. The molecule has 3 amide bonds. The average Bonchev–Trinajstić information content (AvgIpc) is 3.20. The smallest absolute Gasteiger partial charge is 0.291 e. The lowest BCUT2D eigenvalue weighted by atomic mass is 9.76. The van der Waals surface area contributed by atoms with E-state index < -0.39 is 23.2 Å². The number of anilines is 1. The number of quaternary nitrogens is 1. The minimum Gasteiger partial charge on any atom is -0.326 e. The van der Waals surface area contributed by atoms with Gasteiger partial charge in [0.15, 0.2) is 0 Å². The molecule has 2 fully saturated rings. The number of halogens is 1. The largest absolute Gasteiger partial charge is 0.326 e. The number of nitrogens with one attached hydrogen (secondary N) is 1. The summed E-state index contributed by atoms with van der Waals surface area (Å²) in [5.74, 6) is -2.55. The highest BCUT2D eigenvalue weighted by atomic mass is 19.1.